The molecule has 0 spiro atoms. The fourth-order valence-corrected chi connectivity index (χ4v) is 2.82. The van der Waals surface area contributed by atoms with Crippen molar-refractivity contribution in [1.82, 2.24) is 0 Å². The molecule has 0 saturated heterocycles. The first-order valence-corrected chi connectivity index (χ1v) is 6.03. The van der Waals surface area contributed by atoms with E-state index < -0.39 is 0 Å². The summed E-state index contributed by atoms with van der Waals surface area (Å²) in [6, 6.07) is 6.34. The first-order valence-electron chi connectivity index (χ1n) is 6.03. The zero-order chi connectivity index (χ0) is 10.8. The van der Waals surface area contributed by atoms with Gasteiger partial charge < -0.3 is 5.73 Å². The molecule has 2 rings (SSSR count). The van der Waals surface area contributed by atoms with E-state index in [2.05, 4.69) is 26.0 Å². The van der Waals surface area contributed by atoms with Crippen LogP contribution in [0.5, 0.6) is 0 Å². The minimum absolute atomic E-state index is 0.747. The van der Waals surface area contributed by atoms with Crippen LogP contribution in [0.3, 0.4) is 0 Å². The van der Waals surface area contributed by atoms with Crippen LogP contribution in [0.4, 0.5) is 5.69 Å². The van der Waals surface area contributed by atoms with Crippen molar-refractivity contribution in [3.63, 3.8) is 0 Å². The van der Waals surface area contributed by atoms with Gasteiger partial charge in [0.05, 0.1) is 0 Å². The quantitative estimate of drug-likeness (QED) is 0.689. The van der Waals surface area contributed by atoms with Crippen LogP contribution < -0.4 is 5.73 Å². The molecule has 82 valence electrons. The molecule has 1 aromatic rings. The lowest BCUT2D eigenvalue weighted by Gasteiger charge is -2.28. The van der Waals surface area contributed by atoms with Crippen molar-refractivity contribution in [1.29, 1.82) is 0 Å². The Morgan fingerprint density at radius 3 is 2.80 bits per heavy atom. The molecule has 0 amide bonds. The Hall–Kier alpha value is -0.980. The number of hydrogen-bond acceptors (Lipinski definition) is 1. The van der Waals surface area contributed by atoms with Crippen molar-refractivity contribution < 1.29 is 0 Å². The Morgan fingerprint density at radius 2 is 2.07 bits per heavy atom. The number of benzene rings is 1. The smallest absolute Gasteiger partial charge is 0.0317 e. The van der Waals surface area contributed by atoms with E-state index >= 15 is 0 Å². The molecule has 0 unspecified atom stereocenters. The van der Waals surface area contributed by atoms with Crippen LogP contribution >= 0.6 is 0 Å². The number of nitrogen functional groups attached to an aromatic ring is 1. The van der Waals surface area contributed by atoms with Crippen LogP contribution in [0.25, 0.3) is 0 Å². The molecule has 15 heavy (non-hydrogen) atoms. The second kappa shape index (κ2) is 4.26. The molecule has 0 heterocycles. The highest BCUT2D eigenvalue weighted by molar-refractivity contribution is 5.45. The van der Waals surface area contributed by atoms with E-state index in [1.54, 1.807) is 0 Å². The van der Waals surface area contributed by atoms with Gasteiger partial charge >= 0.3 is 0 Å². The molecule has 0 aliphatic heterocycles. The average molecular weight is 203 g/mol. The number of nitrogens with two attached hydrogens (primary N) is 1. The Labute approximate surface area is 92.7 Å². The maximum absolute atomic E-state index is 5.87. The summed E-state index contributed by atoms with van der Waals surface area (Å²) >= 11 is 0. The third-order valence-corrected chi connectivity index (χ3v) is 3.68. The van der Waals surface area contributed by atoms with Gasteiger partial charge in [-0.2, -0.15) is 0 Å². The van der Waals surface area contributed by atoms with Crippen molar-refractivity contribution >= 4 is 5.69 Å². The molecule has 1 heteroatoms. The Kier molecular flexibility index (Phi) is 2.99. The van der Waals surface area contributed by atoms with Crippen LogP contribution in [-0.2, 0) is 0 Å². The number of anilines is 1. The molecule has 2 N–H and O–H groups in total. The third-order valence-electron chi connectivity index (χ3n) is 3.68. The number of rotatable bonds is 1. The van der Waals surface area contributed by atoms with Gasteiger partial charge in [0, 0.05) is 5.69 Å². The fourth-order valence-electron chi connectivity index (χ4n) is 2.82. The Bertz CT molecular complexity index is 343. The maximum Gasteiger partial charge on any atom is 0.0317 e. The van der Waals surface area contributed by atoms with Crippen molar-refractivity contribution in [2.24, 2.45) is 5.92 Å². The van der Waals surface area contributed by atoms with Crippen molar-refractivity contribution in [3.05, 3.63) is 29.3 Å². The molecular formula is C14H21N. The topological polar surface area (TPSA) is 26.0 Å². The van der Waals surface area contributed by atoms with Crippen LogP contribution in [0.2, 0.25) is 0 Å². The summed E-state index contributed by atoms with van der Waals surface area (Å²) in [4.78, 5) is 0. The van der Waals surface area contributed by atoms with Gasteiger partial charge in [-0.15, -0.1) is 0 Å². The summed E-state index contributed by atoms with van der Waals surface area (Å²) in [6.07, 6.45) is 5.46. The van der Waals surface area contributed by atoms with E-state index in [0.717, 1.165) is 17.5 Å². The van der Waals surface area contributed by atoms with Gasteiger partial charge in [-0.1, -0.05) is 25.8 Å². The van der Waals surface area contributed by atoms with Gasteiger partial charge in [0.1, 0.15) is 0 Å². The SMILES string of the molecule is Cc1ccc(N)cc1[C@H]1CCC[C@H](C)C1. The lowest BCUT2D eigenvalue weighted by Crippen LogP contribution is -2.12. The highest BCUT2D eigenvalue weighted by Crippen LogP contribution is 2.37. The number of aryl methyl sites for hydroxylation is 1. The molecule has 1 fully saturated rings. The predicted molar refractivity (Wildman–Crippen MR) is 66.0 cm³/mol. The van der Waals surface area contributed by atoms with E-state index in [1.807, 2.05) is 6.07 Å². The maximum atomic E-state index is 5.87. The average Bonchev–Trinajstić information content (AvgIpc) is 2.22. The zero-order valence-corrected chi connectivity index (χ0v) is 9.79. The summed E-state index contributed by atoms with van der Waals surface area (Å²) in [5.74, 6) is 1.63. The van der Waals surface area contributed by atoms with Gasteiger partial charge in [-0.25, -0.2) is 0 Å². The lowest BCUT2D eigenvalue weighted by molar-refractivity contribution is 0.343. The monoisotopic (exact) mass is 203 g/mol. The van der Waals surface area contributed by atoms with Gasteiger partial charge in [0.15, 0.2) is 0 Å². The molecule has 1 aliphatic carbocycles. The molecule has 1 saturated carbocycles. The van der Waals surface area contributed by atoms with Gasteiger partial charge in [-0.05, 0) is 54.9 Å². The summed E-state index contributed by atoms with van der Waals surface area (Å²) < 4.78 is 0. The minimum Gasteiger partial charge on any atom is -0.399 e. The largest absolute Gasteiger partial charge is 0.399 e. The Morgan fingerprint density at radius 1 is 1.27 bits per heavy atom. The molecule has 0 aromatic heterocycles. The normalized spacial score (nSPS) is 26.5. The molecule has 1 aliphatic rings. The van der Waals surface area contributed by atoms with Crippen LogP contribution in [0.1, 0.15) is 49.7 Å². The molecule has 1 aromatic carbocycles. The summed E-state index contributed by atoms with van der Waals surface area (Å²) in [6.45, 7) is 4.57. The second-order valence-electron chi connectivity index (χ2n) is 5.08. The summed E-state index contributed by atoms with van der Waals surface area (Å²) in [5, 5.41) is 0. The molecule has 1 nitrogen and oxygen atoms in total. The van der Waals surface area contributed by atoms with E-state index in [1.165, 1.54) is 36.8 Å². The lowest BCUT2D eigenvalue weighted by atomic mass is 9.77. The van der Waals surface area contributed by atoms with Crippen LogP contribution in [-0.4, -0.2) is 0 Å². The van der Waals surface area contributed by atoms with Gasteiger partial charge in [0.25, 0.3) is 0 Å². The van der Waals surface area contributed by atoms with E-state index in [9.17, 15) is 0 Å². The first kappa shape index (κ1) is 10.5. The summed E-state index contributed by atoms with van der Waals surface area (Å²) in [5.41, 5.74) is 9.67. The zero-order valence-electron chi connectivity index (χ0n) is 9.79. The highest BCUT2D eigenvalue weighted by Gasteiger charge is 2.21. The van der Waals surface area contributed by atoms with Crippen molar-refractivity contribution in [3.8, 4) is 0 Å². The van der Waals surface area contributed by atoms with E-state index in [0.29, 0.717) is 0 Å². The van der Waals surface area contributed by atoms with Crippen LogP contribution in [0, 0.1) is 12.8 Å². The van der Waals surface area contributed by atoms with Crippen LogP contribution in [0.15, 0.2) is 18.2 Å². The molecular weight excluding hydrogens is 182 g/mol. The minimum atomic E-state index is 0.747. The third kappa shape index (κ3) is 2.34. The van der Waals surface area contributed by atoms with Crippen molar-refractivity contribution in [2.75, 3.05) is 5.73 Å². The standard InChI is InChI=1S/C14H21N/c1-10-4-3-5-12(8-10)14-9-13(15)7-6-11(14)2/h6-7,9-10,12H,3-5,8,15H2,1-2H3/t10-,12-/m0/s1. The van der Waals surface area contributed by atoms with Crippen molar-refractivity contribution in [2.45, 2.75) is 45.4 Å². The summed E-state index contributed by atoms with van der Waals surface area (Å²) in [7, 11) is 0. The molecule has 0 bridgehead atoms. The molecule has 2 atom stereocenters. The second-order valence-corrected chi connectivity index (χ2v) is 5.08. The Balaban J connectivity index is 2.24. The fraction of sp³-hybridized carbons (Fsp3) is 0.571. The van der Waals surface area contributed by atoms with E-state index in [4.69, 9.17) is 5.73 Å². The first-order chi connectivity index (χ1) is 7.16. The van der Waals surface area contributed by atoms with Gasteiger partial charge in [-0.3, -0.25) is 0 Å². The number of hydrogen-bond donors (Lipinski definition) is 1. The highest BCUT2D eigenvalue weighted by atomic mass is 14.5. The van der Waals surface area contributed by atoms with Gasteiger partial charge in [0.2, 0.25) is 0 Å². The molecule has 0 radical (unpaired) electrons. The van der Waals surface area contributed by atoms with E-state index in [-0.39, 0.29) is 0 Å². The predicted octanol–water partition coefficient (Wildman–Crippen LogP) is 3.87.